The maximum Gasteiger partial charge on any atom is 0.161 e. The fourth-order valence-electron chi connectivity index (χ4n) is 1.78. The SMILES string of the molecule is CC(C)C1CCSC(Nc2ccc(Cl)c(Br)c2)=N1. The fourth-order valence-corrected chi connectivity index (χ4v) is 3.23. The van der Waals surface area contributed by atoms with E-state index >= 15 is 0 Å². The summed E-state index contributed by atoms with van der Waals surface area (Å²) in [6, 6.07) is 6.26. The number of rotatable bonds is 2. The van der Waals surface area contributed by atoms with Crippen molar-refractivity contribution < 1.29 is 0 Å². The zero-order chi connectivity index (χ0) is 13.1. The predicted octanol–water partition coefficient (Wildman–Crippen LogP) is 5.03. The van der Waals surface area contributed by atoms with Crippen molar-refractivity contribution in [2.45, 2.75) is 26.3 Å². The molecule has 0 aromatic heterocycles. The van der Waals surface area contributed by atoms with Crippen LogP contribution >= 0.6 is 39.3 Å². The van der Waals surface area contributed by atoms with E-state index in [-0.39, 0.29) is 0 Å². The van der Waals surface area contributed by atoms with Crippen molar-refractivity contribution in [1.29, 1.82) is 0 Å². The van der Waals surface area contributed by atoms with Crippen molar-refractivity contribution in [3.8, 4) is 0 Å². The first-order valence-corrected chi connectivity index (χ1v) is 8.14. The molecule has 5 heteroatoms. The van der Waals surface area contributed by atoms with Crippen LogP contribution in [0.1, 0.15) is 20.3 Å². The minimum atomic E-state index is 0.435. The topological polar surface area (TPSA) is 24.4 Å². The van der Waals surface area contributed by atoms with Gasteiger partial charge in [-0.05, 0) is 46.5 Å². The second kappa shape index (κ2) is 6.31. The summed E-state index contributed by atoms with van der Waals surface area (Å²) in [6.07, 6.45) is 1.16. The lowest BCUT2D eigenvalue weighted by Crippen LogP contribution is -2.23. The molecule has 2 rings (SSSR count). The summed E-state index contributed by atoms with van der Waals surface area (Å²) < 4.78 is 0.899. The second-order valence-electron chi connectivity index (χ2n) is 4.64. The van der Waals surface area contributed by atoms with Crippen LogP contribution in [0, 0.1) is 5.92 Å². The molecular formula is C13H16BrClN2S. The monoisotopic (exact) mass is 346 g/mol. The highest BCUT2D eigenvalue weighted by Gasteiger charge is 2.18. The molecule has 2 nitrogen and oxygen atoms in total. The summed E-state index contributed by atoms with van der Waals surface area (Å²) in [5.74, 6) is 1.73. The van der Waals surface area contributed by atoms with Crippen LogP contribution < -0.4 is 5.32 Å². The van der Waals surface area contributed by atoms with Gasteiger partial charge in [-0.25, -0.2) is 0 Å². The molecule has 1 aliphatic rings. The molecule has 0 amide bonds. The van der Waals surface area contributed by atoms with Crippen LogP contribution in [0.5, 0.6) is 0 Å². The van der Waals surface area contributed by atoms with E-state index in [1.807, 2.05) is 18.2 Å². The van der Waals surface area contributed by atoms with Gasteiger partial charge in [-0.2, -0.15) is 0 Å². The number of halogens is 2. The molecule has 1 unspecified atom stereocenters. The molecule has 0 spiro atoms. The normalized spacial score (nSPS) is 19.8. The van der Waals surface area contributed by atoms with E-state index in [4.69, 9.17) is 16.6 Å². The molecule has 1 aromatic carbocycles. The van der Waals surface area contributed by atoms with Gasteiger partial charge in [0.25, 0.3) is 0 Å². The summed E-state index contributed by atoms with van der Waals surface area (Å²) in [7, 11) is 0. The lowest BCUT2D eigenvalue weighted by Gasteiger charge is -2.23. The van der Waals surface area contributed by atoms with Crippen molar-refractivity contribution >= 4 is 50.1 Å². The van der Waals surface area contributed by atoms with Gasteiger partial charge >= 0.3 is 0 Å². The van der Waals surface area contributed by atoms with E-state index in [2.05, 4.69) is 35.1 Å². The number of thioether (sulfide) groups is 1. The van der Waals surface area contributed by atoms with Crippen LogP contribution in [0.3, 0.4) is 0 Å². The minimum absolute atomic E-state index is 0.435. The molecule has 18 heavy (non-hydrogen) atoms. The number of nitrogens with one attached hydrogen (secondary N) is 1. The van der Waals surface area contributed by atoms with Gasteiger partial charge in [-0.1, -0.05) is 37.2 Å². The van der Waals surface area contributed by atoms with Crippen LogP contribution in [-0.2, 0) is 0 Å². The molecule has 0 bridgehead atoms. The molecule has 98 valence electrons. The highest BCUT2D eigenvalue weighted by atomic mass is 79.9. The Balaban J connectivity index is 2.10. The van der Waals surface area contributed by atoms with Crippen molar-refractivity contribution in [3.05, 3.63) is 27.7 Å². The average molecular weight is 348 g/mol. The lowest BCUT2D eigenvalue weighted by molar-refractivity contribution is 0.485. The zero-order valence-electron chi connectivity index (χ0n) is 10.4. The van der Waals surface area contributed by atoms with Gasteiger partial charge in [0.1, 0.15) is 0 Å². The Morgan fingerprint density at radius 3 is 2.94 bits per heavy atom. The first kappa shape index (κ1) is 14.2. The van der Waals surface area contributed by atoms with Crippen LogP contribution in [0.2, 0.25) is 5.02 Å². The number of benzene rings is 1. The summed E-state index contributed by atoms with van der Waals surface area (Å²) in [5, 5.41) is 5.09. The smallest absolute Gasteiger partial charge is 0.161 e. The Labute approximate surface area is 126 Å². The first-order chi connectivity index (χ1) is 8.56. The molecule has 1 aromatic rings. The quantitative estimate of drug-likeness (QED) is 0.811. The van der Waals surface area contributed by atoms with Gasteiger partial charge in [-0.3, -0.25) is 4.99 Å². The standard InChI is InChI=1S/C13H16BrClN2S/c1-8(2)12-5-6-18-13(17-12)16-9-3-4-11(15)10(14)7-9/h3-4,7-8,12H,5-6H2,1-2H3,(H,16,17). The fraction of sp³-hybridized carbons (Fsp3) is 0.462. The van der Waals surface area contributed by atoms with Crippen LogP contribution in [0.4, 0.5) is 5.69 Å². The lowest BCUT2D eigenvalue weighted by atomic mass is 10.0. The third-order valence-electron chi connectivity index (χ3n) is 2.88. The Morgan fingerprint density at radius 1 is 1.50 bits per heavy atom. The molecule has 0 aliphatic carbocycles. The predicted molar refractivity (Wildman–Crippen MR) is 85.9 cm³/mol. The Kier molecular flexibility index (Phi) is 4.98. The maximum absolute atomic E-state index is 5.98. The highest BCUT2D eigenvalue weighted by Crippen LogP contribution is 2.28. The van der Waals surface area contributed by atoms with E-state index in [9.17, 15) is 0 Å². The summed E-state index contributed by atoms with van der Waals surface area (Å²) >= 11 is 11.2. The summed E-state index contributed by atoms with van der Waals surface area (Å²) in [6.45, 7) is 4.45. The third kappa shape index (κ3) is 3.65. The third-order valence-corrected chi connectivity index (χ3v) is 5.01. The van der Waals surface area contributed by atoms with E-state index in [0.29, 0.717) is 12.0 Å². The summed E-state index contributed by atoms with van der Waals surface area (Å²) in [5.41, 5.74) is 1.02. The van der Waals surface area contributed by atoms with Gasteiger partial charge in [0.05, 0.1) is 11.1 Å². The van der Waals surface area contributed by atoms with Crippen LogP contribution in [0.25, 0.3) is 0 Å². The number of amidine groups is 1. The van der Waals surface area contributed by atoms with Gasteiger partial charge in [0.15, 0.2) is 5.17 Å². The molecule has 1 heterocycles. The van der Waals surface area contributed by atoms with Crippen molar-refractivity contribution in [3.63, 3.8) is 0 Å². The number of hydrogen-bond donors (Lipinski definition) is 1. The molecule has 1 aliphatic heterocycles. The van der Waals surface area contributed by atoms with Gasteiger partial charge in [-0.15, -0.1) is 0 Å². The second-order valence-corrected chi connectivity index (χ2v) is 6.98. The number of aliphatic imine (C=N–C) groups is 1. The zero-order valence-corrected chi connectivity index (χ0v) is 13.6. The Hall–Kier alpha value is -0.190. The maximum atomic E-state index is 5.98. The largest absolute Gasteiger partial charge is 0.335 e. The number of hydrogen-bond acceptors (Lipinski definition) is 3. The molecule has 0 fully saturated rings. The Morgan fingerprint density at radius 2 is 2.28 bits per heavy atom. The van der Waals surface area contributed by atoms with Crippen molar-refractivity contribution in [2.75, 3.05) is 11.1 Å². The van der Waals surface area contributed by atoms with Crippen LogP contribution in [0.15, 0.2) is 27.7 Å². The number of nitrogens with zero attached hydrogens (tertiary/aromatic N) is 1. The molecule has 1 N–H and O–H groups in total. The molecular weight excluding hydrogens is 332 g/mol. The molecule has 1 atom stereocenters. The van der Waals surface area contributed by atoms with Gasteiger partial charge in [0, 0.05) is 15.9 Å². The van der Waals surface area contributed by atoms with E-state index in [1.54, 1.807) is 11.8 Å². The minimum Gasteiger partial charge on any atom is -0.335 e. The van der Waals surface area contributed by atoms with E-state index < -0.39 is 0 Å². The van der Waals surface area contributed by atoms with Crippen molar-refractivity contribution in [2.24, 2.45) is 10.9 Å². The molecule has 0 radical (unpaired) electrons. The van der Waals surface area contributed by atoms with Gasteiger partial charge in [0.2, 0.25) is 0 Å². The van der Waals surface area contributed by atoms with E-state index in [1.165, 1.54) is 0 Å². The van der Waals surface area contributed by atoms with Gasteiger partial charge < -0.3 is 5.32 Å². The Bertz CT molecular complexity index is 462. The average Bonchev–Trinajstić information content (AvgIpc) is 2.34. The highest BCUT2D eigenvalue weighted by molar-refractivity contribution is 9.10. The molecule has 0 saturated heterocycles. The van der Waals surface area contributed by atoms with Crippen LogP contribution in [-0.4, -0.2) is 17.0 Å². The summed E-state index contributed by atoms with van der Waals surface area (Å²) in [4.78, 5) is 4.75. The van der Waals surface area contributed by atoms with E-state index in [0.717, 1.165) is 32.5 Å². The first-order valence-electron chi connectivity index (χ1n) is 5.99. The number of anilines is 1. The molecule has 0 saturated carbocycles. The van der Waals surface area contributed by atoms with Crippen molar-refractivity contribution in [1.82, 2.24) is 0 Å².